The van der Waals surface area contributed by atoms with Gasteiger partial charge in [0.25, 0.3) is 0 Å². The van der Waals surface area contributed by atoms with Gasteiger partial charge in [-0.3, -0.25) is 4.21 Å². The van der Waals surface area contributed by atoms with Crippen molar-refractivity contribution < 1.29 is 8.76 Å². The van der Waals surface area contributed by atoms with E-state index in [1.165, 1.54) is 6.42 Å². The minimum Gasteiger partial charge on any atom is -0.772 e. The van der Waals surface area contributed by atoms with Gasteiger partial charge in [0.1, 0.15) is 0 Å². The van der Waals surface area contributed by atoms with E-state index in [1.807, 2.05) is 7.05 Å². The van der Waals surface area contributed by atoms with E-state index in [1.54, 1.807) is 0 Å². The summed E-state index contributed by atoms with van der Waals surface area (Å²) in [5.41, 5.74) is 0. The van der Waals surface area contributed by atoms with Crippen LogP contribution in [0.25, 0.3) is 0 Å². The van der Waals surface area contributed by atoms with E-state index in [-0.39, 0.29) is 0 Å². The van der Waals surface area contributed by atoms with E-state index in [0.717, 1.165) is 26.1 Å². The fourth-order valence-corrected chi connectivity index (χ4v) is 2.04. The molecular formula is C8H17N2O2S-. The van der Waals surface area contributed by atoms with Crippen LogP contribution in [0.2, 0.25) is 0 Å². The maximum absolute atomic E-state index is 10.3. The molecule has 0 spiro atoms. The van der Waals surface area contributed by atoms with E-state index >= 15 is 0 Å². The summed E-state index contributed by atoms with van der Waals surface area (Å²) in [6.45, 7) is 3.06. The number of nitrogens with one attached hydrogen (secondary N) is 1. The lowest BCUT2D eigenvalue weighted by atomic mass is 10.3. The van der Waals surface area contributed by atoms with Crippen LogP contribution in [0.15, 0.2) is 0 Å². The van der Waals surface area contributed by atoms with Crippen molar-refractivity contribution in [3.05, 3.63) is 0 Å². The van der Waals surface area contributed by atoms with Gasteiger partial charge in [0.2, 0.25) is 0 Å². The van der Waals surface area contributed by atoms with Crippen molar-refractivity contribution in [2.24, 2.45) is 0 Å². The van der Waals surface area contributed by atoms with Crippen LogP contribution in [-0.2, 0) is 11.1 Å². The van der Waals surface area contributed by atoms with Crippen molar-refractivity contribution in [2.45, 2.75) is 18.9 Å². The molecule has 0 aromatic carbocycles. The number of likely N-dealkylation sites (N-methyl/N-ethyl adjacent to an activating group) is 1. The summed E-state index contributed by atoms with van der Waals surface area (Å²) in [5.74, 6) is 0.292. The molecule has 1 aliphatic heterocycles. The van der Waals surface area contributed by atoms with E-state index in [2.05, 4.69) is 10.2 Å². The molecule has 0 saturated carbocycles. The molecule has 0 aliphatic carbocycles. The monoisotopic (exact) mass is 205 g/mol. The molecule has 0 aromatic rings. The largest absolute Gasteiger partial charge is 0.772 e. The van der Waals surface area contributed by atoms with Crippen LogP contribution in [0.4, 0.5) is 0 Å². The van der Waals surface area contributed by atoms with Gasteiger partial charge in [0.15, 0.2) is 0 Å². The number of hydrogen-bond donors (Lipinski definition) is 1. The van der Waals surface area contributed by atoms with Crippen LogP contribution in [0, 0.1) is 0 Å². The zero-order valence-corrected chi connectivity index (χ0v) is 8.81. The molecule has 1 N–H and O–H groups in total. The van der Waals surface area contributed by atoms with Crippen molar-refractivity contribution in [1.82, 2.24) is 10.2 Å². The van der Waals surface area contributed by atoms with Crippen molar-refractivity contribution >= 4 is 11.1 Å². The van der Waals surface area contributed by atoms with Crippen molar-refractivity contribution in [1.29, 1.82) is 0 Å². The van der Waals surface area contributed by atoms with Crippen LogP contribution in [0.3, 0.4) is 0 Å². The summed E-state index contributed by atoms with van der Waals surface area (Å²) < 4.78 is 20.5. The summed E-state index contributed by atoms with van der Waals surface area (Å²) >= 11 is -1.87. The highest BCUT2D eigenvalue weighted by molar-refractivity contribution is 7.79. The summed E-state index contributed by atoms with van der Waals surface area (Å²) in [7, 11) is 1.97. The van der Waals surface area contributed by atoms with Gasteiger partial charge in [-0.05, 0) is 33.0 Å². The molecule has 1 heterocycles. The maximum atomic E-state index is 10.3. The van der Waals surface area contributed by atoms with Gasteiger partial charge in [0.05, 0.1) is 0 Å². The van der Waals surface area contributed by atoms with E-state index in [9.17, 15) is 8.76 Å². The van der Waals surface area contributed by atoms with Crippen LogP contribution in [-0.4, -0.2) is 52.1 Å². The van der Waals surface area contributed by atoms with Crippen LogP contribution in [0.5, 0.6) is 0 Å². The summed E-state index contributed by atoms with van der Waals surface area (Å²) in [6.07, 6.45) is 1.93. The third-order valence-electron chi connectivity index (χ3n) is 2.47. The highest BCUT2D eigenvalue weighted by atomic mass is 32.2. The third kappa shape index (κ3) is 4.17. The average Bonchev–Trinajstić information content (AvgIpc) is 2.52. The molecule has 4 nitrogen and oxygen atoms in total. The molecule has 2 unspecified atom stereocenters. The van der Waals surface area contributed by atoms with Crippen molar-refractivity contribution in [3.8, 4) is 0 Å². The van der Waals surface area contributed by atoms with Gasteiger partial charge in [-0.2, -0.15) is 0 Å². The topological polar surface area (TPSA) is 55.4 Å². The van der Waals surface area contributed by atoms with Crippen LogP contribution >= 0.6 is 0 Å². The zero-order valence-electron chi connectivity index (χ0n) is 7.99. The van der Waals surface area contributed by atoms with E-state index < -0.39 is 11.1 Å². The third-order valence-corrected chi connectivity index (χ3v) is 3.09. The Bertz CT molecular complexity index is 178. The zero-order chi connectivity index (χ0) is 9.68. The predicted molar refractivity (Wildman–Crippen MR) is 52.3 cm³/mol. The first-order chi connectivity index (χ1) is 6.22. The molecule has 1 rings (SSSR count). The normalized spacial score (nSPS) is 26.5. The Hall–Kier alpha value is 0.0300. The van der Waals surface area contributed by atoms with Gasteiger partial charge in [-0.25, -0.2) is 0 Å². The van der Waals surface area contributed by atoms with Crippen molar-refractivity contribution in [2.75, 3.05) is 32.4 Å². The first kappa shape index (κ1) is 11.1. The number of hydrogen-bond acceptors (Lipinski definition) is 4. The lowest BCUT2D eigenvalue weighted by Gasteiger charge is -2.15. The van der Waals surface area contributed by atoms with Crippen LogP contribution < -0.4 is 5.32 Å². The molecular weight excluding hydrogens is 188 g/mol. The average molecular weight is 205 g/mol. The van der Waals surface area contributed by atoms with Crippen molar-refractivity contribution in [3.63, 3.8) is 0 Å². The highest BCUT2D eigenvalue weighted by Crippen LogP contribution is 2.08. The minimum absolute atomic E-state index is 0.292. The predicted octanol–water partition coefficient (Wildman–Crippen LogP) is -0.451. The maximum Gasteiger partial charge on any atom is 0.0204 e. The Kier molecular flexibility index (Phi) is 4.87. The van der Waals surface area contributed by atoms with Gasteiger partial charge in [-0.1, -0.05) is 11.1 Å². The molecule has 0 bridgehead atoms. The van der Waals surface area contributed by atoms with E-state index in [4.69, 9.17) is 0 Å². The molecule has 2 atom stereocenters. The second kappa shape index (κ2) is 5.70. The second-order valence-electron chi connectivity index (χ2n) is 3.44. The Balaban J connectivity index is 2.07. The molecule has 1 aliphatic rings. The Labute approximate surface area is 82.0 Å². The van der Waals surface area contributed by atoms with Gasteiger partial charge >= 0.3 is 0 Å². The Morgan fingerprint density at radius 1 is 1.69 bits per heavy atom. The molecule has 1 saturated heterocycles. The summed E-state index contributed by atoms with van der Waals surface area (Å²) in [5, 5.41) is 3.23. The molecule has 5 heteroatoms. The van der Waals surface area contributed by atoms with E-state index in [0.29, 0.717) is 11.8 Å². The summed E-state index contributed by atoms with van der Waals surface area (Å²) in [4.78, 5) is 2.31. The van der Waals surface area contributed by atoms with Crippen LogP contribution in [0.1, 0.15) is 12.8 Å². The number of rotatable bonds is 5. The molecule has 0 aromatic heterocycles. The van der Waals surface area contributed by atoms with Gasteiger partial charge < -0.3 is 14.8 Å². The number of nitrogens with zero attached hydrogens (tertiary/aromatic N) is 1. The Morgan fingerprint density at radius 3 is 3.00 bits per heavy atom. The fourth-order valence-electron chi connectivity index (χ4n) is 1.68. The quantitative estimate of drug-likeness (QED) is 0.618. The molecule has 1 fully saturated rings. The SMILES string of the molecule is CNC1CCN(CCCS(=O)[O-])C1. The lowest BCUT2D eigenvalue weighted by Crippen LogP contribution is -2.30. The minimum atomic E-state index is -1.87. The standard InChI is InChI=1S/C8H18N2O2S/c1-9-8-3-5-10(7-8)4-2-6-13(11)12/h8-9H,2-7H2,1H3,(H,11,12)/p-1. The first-order valence-corrected chi connectivity index (χ1v) is 5.92. The second-order valence-corrected chi connectivity index (χ2v) is 4.45. The molecule has 78 valence electrons. The number of likely N-dealkylation sites (tertiary alicyclic amines) is 1. The van der Waals surface area contributed by atoms with Gasteiger partial charge in [-0.15, -0.1) is 0 Å². The highest BCUT2D eigenvalue weighted by Gasteiger charge is 2.19. The first-order valence-electron chi connectivity index (χ1n) is 4.68. The van der Waals surface area contributed by atoms with Gasteiger partial charge in [0, 0.05) is 18.3 Å². The molecule has 13 heavy (non-hydrogen) atoms. The summed E-state index contributed by atoms with van der Waals surface area (Å²) in [6, 6.07) is 0.595. The lowest BCUT2D eigenvalue weighted by molar-refractivity contribution is 0.330. The smallest absolute Gasteiger partial charge is 0.0204 e. The molecule has 0 radical (unpaired) electrons. The molecule has 0 amide bonds. The Morgan fingerprint density at radius 2 is 2.46 bits per heavy atom. The fraction of sp³-hybridized carbons (Fsp3) is 1.00.